The maximum absolute atomic E-state index is 12.5. The quantitative estimate of drug-likeness (QED) is 0.540. The summed E-state index contributed by atoms with van der Waals surface area (Å²) in [5.41, 5.74) is 1.39. The van der Waals surface area contributed by atoms with Crippen LogP contribution in [0, 0.1) is 5.92 Å². The number of methoxy groups -OCH3 is 1. The summed E-state index contributed by atoms with van der Waals surface area (Å²) in [6.45, 7) is 7.22. The molecule has 0 aliphatic carbocycles. The molecule has 1 aromatic carbocycles. The number of ether oxygens (including phenoxy) is 1. The van der Waals surface area contributed by atoms with Crippen molar-refractivity contribution in [2.75, 3.05) is 39.9 Å². The Hall–Kier alpha value is -2.08. The topological polar surface area (TPSA) is 66.0 Å². The fourth-order valence-corrected chi connectivity index (χ4v) is 3.43. The van der Waals surface area contributed by atoms with Crippen LogP contribution in [0.4, 0.5) is 0 Å². The molecular weight excluding hydrogens is 340 g/mol. The molecule has 1 fully saturated rings. The molecule has 0 radical (unpaired) electrons. The molecule has 2 N–H and O–H groups in total. The van der Waals surface area contributed by atoms with E-state index in [1.54, 1.807) is 7.11 Å². The van der Waals surface area contributed by atoms with Gasteiger partial charge in [0.1, 0.15) is 6.54 Å². The highest BCUT2D eigenvalue weighted by molar-refractivity contribution is 5.85. The van der Waals surface area contributed by atoms with Crippen LogP contribution in [-0.4, -0.2) is 62.7 Å². The number of hydrogen-bond acceptors (Lipinski definition) is 3. The van der Waals surface area contributed by atoms with E-state index < -0.39 is 0 Å². The highest BCUT2D eigenvalue weighted by atomic mass is 16.5. The Morgan fingerprint density at radius 3 is 2.63 bits per heavy atom. The number of nitrogens with zero attached hydrogens (tertiary/aromatic N) is 2. The van der Waals surface area contributed by atoms with Crippen LogP contribution in [-0.2, 0) is 16.0 Å². The Kier molecular flexibility index (Phi) is 9.11. The van der Waals surface area contributed by atoms with Crippen LogP contribution in [0.15, 0.2) is 35.3 Å². The number of rotatable bonds is 8. The first kappa shape index (κ1) is 21.2. The van der Waals surface area contributed by atoms with Crippen LogP contribution in [0.25, 0.3) is 0 Å². The van der Waals surface area contributed by atoms with Gasteiger partial charge in [0, 0.05) is 32.8 Å². The molecule has 6 nitrogen and oxygen atoms in total. The van der Waals surface area contributed by atoms with Crippen molar-refractivity contribution < 1.29 is 9.53 Å². The van der Waals surface area contributed by atoms with Gasteiger partial charge in [0.2, 0.25) is 5.91 Å². The number of carbonyl (C=O) groups excluding carboxylic acids is 1. The van der Waals surface area contributed by atoms with Crippen LogP contribution in [0.2, 0.25) is 0 Å². The number of piperidine rings is 1. The van der Waals surface area contributed by atoms with Gasteiger partial charge >= 0.3 is 0 Å². The van der Waals surface area contributed by atoms with E-state index in [1.807, 2.05) is 18.7 Å². The molecule has 1 aromatic rings. The average molecular weight is 375 g/mol. The summed E-state index contributed by atoms with van der Waals surface area (Å²) < 4.78 is 5.14. The van der Waals surface area contributed by atoms with E-state index in [-0.39, 0.29) is 18.5 Å². The van der Waals surface area contributed by atoms with Crippen LogP contribution in [0.1, 0.15) is 32.3 Å². The summed E-state index contributed by atoms with van der Waals surface area (Å²) in [5, 5.41) is 6.43. The van der Waals surface area contributed by atoms with E-state index in [4.69, 9.17) is 4.74 Å². The highest BCUT2D eigenvalue weighted by Gasteiger charge is 2.22. The maximum Gasteiger partial charge on any atom is 0.244 e. The Labute approximate surface area is 163 Å². The fraction of sp³-hybridized carbons (Fsp3) is 0.619. The molecule has 1 heterocycles. The van der Waals surface area contributed by atoms with E-state index in [0.29, 0.717) is 18.5 Å². The van der Waals surface area contributed by atoms with Crippen LogP contribution < -0.4 is 10.6 Å². The SMILES string of the molecule is CCNC(=NCC(=O)N1CCC(Cc2ccccc2)CC1)NC(C)COC. The Morgan fingerprint density at radius 2 is 2.00 bits per heavy atom. The zero-order chi connectivity index (χ0) is 19.5. The smallest absolute Gasteiger partial charge is 0.244 e. The lowest BCUT2D eigenvalue weighted by Gasteiger charge is -2.32. The highest BCUT2D eigenvalue weighted by Crippen LogP contribution is 2.21. The van der Waals surface area contributed by atoms with Gasteiger partial charge in [-0.25, -0.2) is 4.99 Å². The van der Waals surface area contributed by atoms with Crippen LogP contribution >= 0.6 is 0 Å². The predicted molar refractivity (Wildman–Crippen MR) is 110 cm³/mol. The maximum atomic E-state index is 12.5. The van der Waals surface area contributed by atoms with Crippen molar-refractivity contribution in [2.24, 2.45) is 10.9 Å². The lowest BCUT2D eigenvalue weighted by Crippen LogP contribution is -2.45. The van der Waals surface area contributed by atoms with Crippen LogP contribution in [0.3, 0.4) is 0 Å². The van der Waals surface area contributed by atoms with E-state index in [9.17, 15) is 4.79 Å². The molecule has 1 saturated heterocycles. The normalized spacial score (nSPS) is 16.9. The molecule has 2 rings (SSSR count). The molecule has 1 aliphatic rings. The lowest BCUT2D eigenvalue weighted by atomic mass is 9.90. The molecule has 1 unspecified atom stereocenters. The number of benzene rings is 1. The summed E-state index contributed by atoms with van der Waals surface area (Å²) in [7, 11) is 1.67. The van der Waals surface area contributed by atoms with E-state index >= 15 is 0 Å². The van der Waals surface area contributed by atoms with Gasteiger partial charge in [0.25, 0.3) is 0 Å². The minimum atomic E-state index is 0.102. The second-order valence-corrected chi connectivity index (χ2v) is 7.21. The summed E-state index contributed by atoms with van der Waals surface area (Å²) in [5.74, 6) is 1.42. The summed E-state index contributed by atoms with van der Waals surface area (Å²) in [6.07, 6.45) is 3.23. The van der Waals surface area contributed by atoms with Gasteiger partial charge in [-0.2, -0.15) is 0 Å². The first-order valence-electron chi connectivity index (χ1n) is 9.97. The number of aliphatic imine (C=N–C) groups is 1. The molecule has 1 amide bonds. The van der Waals surface area contributed by atoms with E-state index in [1.165, 1.54) is 5.56 Å². The van der Waals surface area contributed by atoms with Crippen molar-refractivity contribution in [1.82, 2.24) is 15.5 Å². The van der Waals surface area contributed by atoms with Gasteiger partial charge in [0.15, 0.2) is 5.96 Å². The number of hydrogen-bond donors (Lipinski definition) is 2. The third-order valence-electron chi connectivity index (χ3n) is 4.85. The largest absolute Gasteiger partial charge is 0.383 e. The Bertz CT molecular complexity index is 583. The van der Waals surface area contributed by atoms with Crippen molar-refractivity contribution >= 4 is 11.9 Å². The summed E-state index contributed by atoms with van der Waals surface area (Å²) >= 11 is 0. The molecule has 150 valence electrons. The summed E-state index contributed by atoms with van der Waals surface area (Å²) in [6, 6.07) is 10.7. The van der Waals surface area contributed by atoms with E-state index in [2.05, 4.69) is 46.0 Å². The van der Waals surface area contributed by atoms with Gasteiger partial charge in [-0.15, -0.1) is 0 Å². The van der Waals surface area contributed by atoms with Crippen molar-refractivity contribution in [3.63, 3.8) is 0 Å². The molecule has 1 aliphatic heterocycles. The molecule has 27 heavy (non-hydrogen) atoms. The number of carbonyl (C=O) groups is 1. The zero-order valence-corrected chi connectivity index (χ0v) is 16.9. The third kappa shape index (κ3) is 7.59. The van der Waals surface area contributed by atoms with Gasteiger partial charge in [-0.1, -0.05) is 30.3 Å². The molecule has 0 saturated carbocycles. The van der Waals surface area contributed by atoms with Crippen molar-refractivity contribution in [3.8, 4) is 0 Å². The van der Waals surface area contributed by atoms with Gasteiger partial charge < -0.3 is 20.3 Å². The second-order valence-electron chi connectivity index (χ2n) is 7.21. The molecule has 6 heteroatoms. The van der Waals surface area contributed by atoms with Crippen LogP contribution in [0.5, 0.6) is 0 Å². The number of amides is 1. The minimum absolute atomic E-state index is 0.102. The second kappa shape index (κ2) is 11.6. The minimum Gasteiger partial charge on any atom is -0.383 e. The monoisotopic (exact) mass is 374 g/mol. The number of likely N-dealkylation sites (tertiary alicyclic amines) is 1. The summed E-state index contributed by atoms with van der Waals surface area (Å²) in [4.78, 5) is 18.9. The lowest BCUT2D eigenvalue weighted by molar-refractivity contribution is -0.130. The molecule has 1 atom stereocenters. The molecular formula is C21H34N4O2. The van der Waals surface area contributed by atoms with Crippen molar-refractivity contribution in [3.05, 3.63) is 35.9 Å². The molecule has 0 spiro atoms. The number of nitrogens with one attached hydrogen (secondary N) is 2. The fourth-order valence-electron chi connectivity index (χ4n) is 3.43. The standard InChI is InChI=1S/C21H34N4O2/c1-4-22-21(24-17(2)16-27-3)23-15-20(26)25-12-10-19(11-13-25)14-18-8-6-5-7-9-18/h5-9,17,19H,4,10-16H2,1-3H3,(H2,22,23,24). The molecule has 0 aromatic heterocycles. The predicted octanol–water partition coefficient (Wildman–Crippen LogP) is 2.06. The Balaban J connectivity index is 1.78. The molecule has 0 bridgehead atoms. The van der Waals surface area contributed by atoms with Gasteiger partial charge in [0.05, 0.1) is 6.61 Å². The van der Waals surface area contributed by atoms with E-state index in [0.717, 1.165) is 38.9 Å². The first-order valence-corrected chi connectivity index (χ1v) is 9.97. The van der Waals surface area contributed by atoms with Crippen molar-refractivity contribution in [2.45, 2.75) is 39.2 Å². The first-order chi connectivity index (χ1) is 13.1. The third-order valence-corrected chi connectivity index (χ3v) is 4.85. The Morgan fingerprint density at radius 1 is 1.30 bits per heavy atom. The van der Waals surface area contributed by atoms with Crippen molar-refractivity contribution in [1.29, 1.82) is 0 Å². The zero-order valence-electron chi connectivity index (χ0n) is 16.9. The van der Waals surface area contributed by atoms with Gasteiger partial charge in [-0.05, 0) is 44.6 Å². The average Bonchev–Trinajstić information content (AvgIpc) is 2.67. The van der Waals surface area contributed by atoms with Gasteiger partial charge in [-0.3, -0.25) is 4.79 Å². The number of guanidine groups is 1.